The van der Waals surface area contributed by atoms with Gasteiger partial charge in [-0.15, -0.1) is 0 Å². The van der Waals surface area contributed by atoms with E-state index in [4.69, 9.17) is 0 Å². The molecule has 0 saturated heterocycles. The van der Waals surface area contributed by atoms with Gasteiger partial charge in [0.05, 0.1) is 5.56 Å². The van der Waals surface area contributed by atoms with Gasteiger partial charge in [-0.25, -0.2) is 0 Å². The number of nitrogens with zero attached hydrogens (tertiary/aromatic N) is 1. The molecule has 0 saturated carbocycles. The molecule has 2 amide bonds. The van der Waals surface area contributed by atoms with Crippen molar-refractivity contribution in [3.63, 3.8) is 0 Å². The number of fused-ring (bicyclic) bond motifs is 1. The van der Waals surface area contributed by atoms with Crippen molar-refractivity contribution in [2.24, 2.45) is 0 Å². The Morgan fingerprint density at radius 1 is 0.886 bits per heavy atom. The normalized spacial score (nSPS) is 13.4. The van der Waals surface area contributed by atoms with Crippen LogP contribution in [0.4, 0.5) is 11.4 Å². The summed E-state index contributed by atoms with van der Waals surface area (Å²) in [7, 11) is 0. The van der Waals surface area contributed by atoms with Gasteiger partial charge in [0, 0.05) is 36.1 Å². The van der Waals surface area contributed by atoms with E-state index in [-0.39, 0.29) is 23.3 Å². The number of nitrogens with one attached hydrogen (secondary N) is 2. The minimum Gasteiger partial charge on any atom is -0.366 e. The molecule has 1 aliphatic rings. The molecule has 1 aliphatic heterocycles. The Morgan fingerprint density at radius 3 is 2.23 bits per heavy atom. The molecule has 3 aromatic carbocycles. The van der Waals surface area contributed by atoms with Crippen LogP contribution in [0.5, 0.6) is 0 Å². The maximum absolute atomic E-state index is 13.2. The van der Waals surface area contributed by atoms with Crippen LogP contribution < -0.4 is 15.5 Å². The third-order valence-corrected chi connectivity index (χ3v) is 6.40. The second-order valence-corrected chi connectivity index (χ2v) is 10.6. The molecule has 35 heavy (non-hydrogen) atoms. The molecule has 0 aromatic heterocycles. The average Bonchev–Trinajstić information content (AvgIpc) is 2.83. The van der Waals surface area contributed by atoms with Gasteiger partial charge < -0.3 is 15.5 Å². The molecule has 0 spiro atoms. The second-order valence-electron chi connectivity index (χ2n) is 10.6. The van der Waals surface area contributed by atoms with E-state index < -0.39 is 0 Å². The van der Waals surface area contributed by atoms with Crippen LogP contribution in [0.15, 0.2) is 66.7 Å². The molecular weight excluding hydrogens is 434 g/mol. The largest absolute Gasteiger partial charge is 0.366 e. The molecule has 2 N–H and O–H groups in total. The van der Waals surface area contributed by atoms with E-state index in [0.717, 1.165) is 25.2 Å². The third kappa shape index (κ3) is 5.73. The molecule has 0 atom stereocenters. The number of benzene rings is 3. The highest BCUT2D eigenvalue weighted by molar-refractivity contribution is 6.06. The molecule has 5 heteroatoms. The van der Waals surface area contributed by atoms with Crippen LogP contribution in [-0.4, -0.2) is 24.4 Å². The first-order valence-corrected chi connectivity index (χ1v) is 12.3. The fourth-order valence-electron chi connectivity index (χ4n) is 4.44. The van der Waals surface area contributed by atoms with Crippen molar-refractivity contribution in [1.29, 1.82) is 0 Å². The molecule has 0 unspecified atom stereocenters. The Morgan fingerprint density at radius 2 is 1.57 bits per heavy atom. The number of carbonyl (C=O) groups excluding carboxylic acids is 2. The number of anilines is 2. The molecule has 3 aromatic rings. The van der Waals surface area contributed by atoms with Crippen molar-refractivity contribution >= 4 is 23.2 Å². The van der Waals surface area contributed by atoms with E-state index in [9.17, 15) is 9.59 Å². The Balaban J connectivity index is 1.59. The van der Waals surface area contributed by atoms with E-state index in [1.165, 1.54) is 16.7 Å². The molecule has 0 bridgehead atoms. The Bertz CT molecular complexity index is 1220. The van der Waals surface area contributed by atoms with E-state index in [0.29, 0.717) is 16.8 Å². The zero-order valence-corrected chi connectivity index (χ0v) is 21.3. The number of rotatable bonds is 5. The van der Waals surface area contributed by atoms with Crippen molar-refractivity contribution in [2.75, 3.05) is 16.8 Å². The molecule has 0 radical (unpaired) electrons. The Hall–Kier alpha value is -3.60. The summed E-state index contributed by atoms with van der Waals surface area (Å²) in [5.74, 6) is -0.334. The first-order chi connectivity index (χ1) is 16.6. The number of hydrogen-bond acceptors (Lipinski definition) is 3. The van der Waals surface area contributed by atoms with Crippen LogP contribution >= 0.6 is 0 Å². The lowest BCUT2D eigenvalue weighted by molar-refractivity contribution is 0.0942. The first-order valence-electron chi connectivity index (χ1n) is 12.3. The van der Waals surface area contributed by atoms with Gasteiger partial charge in [0.2, 0.25) is 0 Å². The van der Waals surface area contributed by atoms with Gasteiger partial charge in [0.25, 0.3) is 11.8 Å². The topological polar surface area (TPSA) is 61.4 Å². The van der Waals surface area contributed by atoms with Gasteiger partial charge in [0.1, 0.15) is 0 Å². The van der Waals surface area contributed by atoms with E-state index in [1.54, 1.807) is 6.07 Å². The zero-order valence-electron chi connectivity index (χ0n) is 21.3. The molecule has 182 valence electrons. The molecule has 0 fully saturated rings. The third-order valence-electron chi connectivity index (χ3n) is 6.40. The first kappa shape index (κ1) is 24.5. The minimum absolute atomic E-state index is 0.0111. The van der Waals surface area contributed by atoms with Gasteiger partial charge >= 0.3 is 0 Å². The summed E-state index contributed by atoms with van der Waals surface area (Å²) in [4.78, 5) is 28.3. The Kier molecular flexibility index (Phi) is 6.97. The number of amides is 2. The summed E-state index contributed by atoms with van der Waals surface area (Å²) in [5.41, 5.74) is 6.48. The predicted molar refractivity (Wildman–Crippen MR) is 143 cm³/mol. The smallest absolute Gasteiger partial charge is 0.255 e. The van der Waals surface area contributed by atoms with Crippen LogP contribution in [0.25, 0.3) is 0 Å². The van der Waals surface area contributed by atoms with Crippen molar-refractivity contribution in [3.8, 4) is 0 Å². The molecule has 4 rings (SSSR count). The average molecular weight is 470 g/mol. The summed E-state index contributed by atoms with van der Waals surface area (Å²) < 4.78 is 0. The lowest BCUT2D eigenvalue weighted by Crippen LogP contribution is -2.35. The monoisotopic (exact) mass is 469 g/mol. The van der Waals surface area contributed by atoms with Crippen LogP contribution in [0.3, 0.4) is 0 Å². The van der Waals surface area contributed by atoms with Gasteiger partial charge in [0.15, 0.2) is 0 Å². The predicted octanol–water partition coefficient (Wildman–Crippen LogP) is 5.94. The second kappa shape index (κ2) is 9.95. The van der Waals surface area contributed by atoms with Gasteiger partial charge in [-0.1, -0.05) is 57.2 Å². The molecular formula is C30H35N3O2. The maximum atomic E-state index is 13.2. The summed E-state index contributed by atoms with van der Waals surface area (Å²) in [6.45, 7) is 11.9. The van der Waals surface area contributed by atoms with E-state index in [1.807, 2.05) is 50.2 Å². The lowest BCUT2D eigenvalue weighted by Gasteiger charge is -2.32. The van der Waals surface area contributed by atoms with E-state index >= 15 is 0 Å². The summed E-state index contributed by atoms with van der Waals surface area (Å²) in [6, 6.07) is 21.8. The van der Waals surface area contributed by atoms with Gasteiger partial charge in [-0.3, -0.25) is 9.59 Å². The van der Waals surface area contributed by atoms with Crippen LogP contribution in [0.2, 0.25) is 0 Å². The SMILES string of the molecule is CC(C)NC(=O)c1cc(NC(=O)c2ccc(C(C)(C)C)cc2)ccc1N1CCc2ccccc2C1. The molecule has 0 aliphatic carbocycles. The summed E-state index contributed by atoms with van der Waals surface area (Å²) >= 11 is 0. The Labute approximate surface area is 208 Å². The number of carbonyl (C=O) groups is 2. The van der Waals surface area contributed by atoms with Crippen LogP contribution in [-0.2, 0) is 18.4 Å². The number of hydrogen-bond donors (Lipinski definition) is 2. The highest BCUT2D eigenvalue weighted by Crippen LogP contribution is 2.30. The van der Waals surface area contributed by atoms with Gasteiger partial charge in [-0.2, -0.15) is 0 Å². The maximum Gasteiger partial charge on any atom is 0.255 e. The van der Waals surface area contributed by atoms with Crippen molar-refractivity contribution in [3.05, 3.63) is 94.5 Å². The standard InChI is InChI=1S/C30H35N3O2/c1-20(2)31-29(35)26-18-25(32-28(34)22-10-12-24(13-11-22)30(3,4)5)14-15-27(26)33-17-16-21-8-6-7-9-23(21)19-33/h6-15,18,20H,16-17,19H2,1-5H3,(H,31,35)(H,32,34). The van der Waals surface area contributed by atoms with Crippen LogP contribution in [0, 0.1) is 0 Å². The molecule has 1 heterocycles. The summed E-state index contributed by atoms with van der Waals surface area (Å²) in [6.07, 6.45) is 0.935. The highest BCUT2D eigenvalue weighted by Gasteiger charge is 2.22. The highest BCUT2D eigenvalue weighted by atomic mass is 16.2. The van der Waals surface area contributed by atoms with E-state index in [2.05, 4.69) is 60.6 Å². The molecule has 5 nitrogen and oxygen atoms in total. The fourth-order valence-corrected chi connectivity index (χ4v) is 4.44. The van der Waals surface area contributed by atoms with Gasteiger partial charge in [-0.05, 0) is 72.7 Å². The van der Waals surface area contributed by atoms with Crippen molar-refractivity contribution in [1.82, 2.24) is 5.32 Å². The van der Waals surface area contributed by atoms with Crippen LogP contribution in [0.1, 0.15) is 72.0 Å². The summed E-state index contributed by atoms with van der Waals surface area (Å²) in [5, 5.41) is 5.99. The minimum atomic E-state index is -0.194. The quantitative estimate of drug-likeness (QED) is 0.486. The van der Waals surface area contributed by atoms with Crippen molar-refractivity contribution in [2.45, 2.75) is 59.0 Å². The lowest BCUT2D eigenvalue weighted by atomic mass is 9.87. The fraction of sp³-hybridized carbons (Fsp3) is 0.333. The van der Waals surface area contributed by atoms with Crippen molar-refractivity contribution < 1.29 is 9.59 Å². The zero-order chi connectivity index (χ0) is 25.2.